The number of carbonyl (C=O) groups is 2. The second kappa shape index (κ2) is 8.98. The number of para-hydroxylation sites is 1. The molecule has 0 spiro atoms. The fourth-order valence-corrected chi connectivity index (χ4v) is 3.87. The molecular weight excluding hydrogens is 404 g/mol. The summed E-state index contributed by atoms with van der Waals surface area (Å²) in [5.41, 5.74) is 2.63. The van der Waals surface area contributed by atoms with E-state index in [4.69, 9.17) is 9.47 Å². The smallest absolute Gasteiger partial charge is 0.282 e. The van der Waals surface area contributed by atoms with E-state index in [0.29, 0.717) is 40.6 Å². The highest BCUT2D eigenvalue weighted by Crippen LogP contribution is 2.38. The maximum Gasteiger partial charge on any atom is 0.282 e. The zero-order valence-corrected chi connectivity index (χ0v) is 18.2. The summed E-state index contributed by atoms with van der Waals surface area (Å²) in [4.78, 5) is 30.6. The summed E-state index contributed by atoms with van der Waals surface area (Å²) in [6.45, 7) is 2.47. The molecule has 1 heterocycles. The molecule has 0 saturated carbocycles. The molecule has 0 bridgehead atoms. The number of nitrogens with zero attached hydrogens (tertiary/aromatic N) is 2. The lowest BCUT2D eigenvalue weighted by Gasteiger charge is -2.25. The SMILES string of the molecule is CCN(C1=C(c2ccccc2)C(=O)N(c2cc(OC)cc(OC)c2)C1=O)c1ccccc1. The van der Waals surface area contributed by atoms with Crippen LogP contribution in [0, 0.1) is 0 Å². The number of likely N-dealkylation sites (N-methyl/N-ethyl adjacent to an activating group) is 1. The van der Waals surface area contributed by atoms with Crippen LogP contribution in [0.15, 0.2) is 84.6 Å². The van der Waals surface area contributed by atoms with Crippen LogP contribution in [-0.2, 0) is 9.59 Å². The first kappa shape index (κ1) is 21.2. The first-order valence-electron chi connectivity index (χ1n) is 10.3. The number of hydrogen-bond acceptors (Lipinski definition) is 5. The lowest BCUT2D eigenvalue weighted by molar-refractivity contribution is -0.120. The molecule has 3 aromatic carbocycles. The fourth-order valence-electron chi connectivity index (χ4n) is 3.87. The second-order valence-corrected chi connectivity index (χ2v) is 7.19. The van der Waals surface area contributed by atoms with Crippen LogP contribution < -0.4 is 19.3 Å². The number of hydrogen-bond donors (Lipinski definition) is 0. The minimum Gasteiger partial charge on any atom is -0.497 e. The number of carbonyl (C=O) groups excluding carboxylic acids is 2. The van der Waals surface area contributed by atoms with Gasteiger partial charge in [0.25, 0.3) is 11.8 Å². The molecule has 32 heavy (non-hydrogen) atoms. The molecule has 0 atom stereocenters. The number of anilines is 2. The molecule has 0 fully saturated rings. The van der Waals surface area contributed by atoms with Crippen molar-refractivity contribution in [1.82, 2.24) is 0 Å². The summed E-state index contributed by atoms with van der Waals surface area (Å²) in [6.07, 6.45) is 0. The van der Waals surface area contributed by atoms with Gasteiger partial charge in [0.05, 0.1) is 25.5 Å². The van der Waals surface area contributed by atoms with Gasteiger partial charge in [-0.2, -0.15) is 0 Å². The first-order valence-corrected chi connectivity index (χ1v) is 10.3. The minimum absolute atomic E-state index is 0.344. The molecule has 1 aliphatic heterocycles. The summed E-state index contributed by atoms with van der Waals surface area (Å²) in [5.74, 6) is 0.200. The van der Waals surface area contributed by atoms with Gasteiger partial charge in [0, 0.05) is 30.4 Å². The molecule has 6 heteroatoms. The predicted octanol–water partition coefficient (Wildman–Crippen LogP) is 4.51. The van der Waals surface area contributed by atoms with Crippen molar-refractivity contribution in [3.05, 3.63) is 90.1 Å². The van der Waals surface area contributed by atoms with Crippen molar-refractivity contribution in [3.8, 4) is 11.5 Å². The highest BCUT2D eigenvalue weighted by molar-refractivity contribution is 6.46. The third kappa shape index (κ3) is 3.71. The van der Waals surface area contributed by atoms with Gasteiger partial charge in [0.1, 0.15) is 17.2 Å². The third-order valence-electron chi connectivity index (χ3n) is 5.37. The summed E-state index contributed by atoms with van der Waals surface area (Å²) >= 11 is 0. The quantitative estimate of drug-likeness (QED) is 0.518. The Labute approximate surface area is 187 Å². The van der Waals surface area contributed by atoms with Crippen molar-refractivity contribution >= 4 is 28.8 Å². The van der Waals surface area contributed by atoms with Crippen LogP contribution in [0.2, 0.25) is 0 Å². The second-order valence-electron chi connectivity index (χ2n) is 7.19. The Morgan fingerprint density at radius 2 is 1.34 bits per heavy atom. The van der Waals surface area contributed by atoms with Gasteiger partial charge in [-0.15, -0.1) is 0 Å². The zero-order valence-electron chi connectivity index (χ0n) is 18.2. The van der Waals surface area contributed by atoms with Crippen LogP contribution in [0.5, 0.6) is 11.5 Å². The van der Waals surface area contributed by atoms with E-state index in [1.807, 2.05) is 72.5 Å². The van der Waals surface area contributed by atoms with Crippen LogP contribution in [0.25, 0.3) is 5.57 Å². The molecule has 4 rings (SSSR count). The number of rotatable bonds is 7. The monoisotopic (exact) mass is 428 g/mol. The van der Waals surface area contributed by atoms with E-state index < -0.39 is 5.91 Å². The van der Waals surface area contributed by atoms with Crippen LogP contribution >= 0.6 is 0 Å². The Morgan fingerprint density at radius 3 is 1.88 bits per heavy atom. The predicted molar refractivity (Wildman–Crippen MR) is 125 cm³/mol. The van der Waals surface area contributed by atoms with Crippen molar-refractivity contribution in [2.45, 2.75) is 6.92 Å². The Kier molecular flexibility index (Phi) is 5.94. The standard InChI is InChI=1S/C26H24N2O4/c1-4-27(19-13-9-6-10-14-19)24-23(18-11-7-5-8-12-18)25(29)28(26(24)30)20-15-21(31-2)17-22(16-20)32-3/h5-17H,4H2,1-3H3. The van der Waals surface area contributed by atoms with Crippen LogP contribution in [0.1, 0.15) is 12.5 Å². The molecule has 162 valence electrons. The van der Waals surface area contributed by atoms with E-state index in [1.54, 1.807) is 18.2 Å². The van der Waals surface area contributed by atoms with E-state index in [9.17, 15) is 9.59 Å². The van der Waals surface area contributed by atoms with Gasteiger partial charge < -0.3 is 14.4 Å². The van der Waals surface area contributed by atoms with Crippen molar-refractivity contribution in [1.29, 1.82) is 0 Å². The van der Waals surface area contributed by atoms with Gasteiger partial charge in [-0.3, -0.25) is 9.59 Å². The van der Waals surface area contributed by atoms with E-state index >= 15 is 0 Å². The molecule has 0 radical (unpaired) electrons. The number of imide groups is 1. The van der Waals surface area contributed by atoms with Crippen molar-refractivity contribution in [3.63, 3.8) is 0 Å². The molecular formula is C26H24N2O4. The van der Waals surface area contributed by atoms with Crippen LogP contribution in [-0.4, -0.2) is 32.6 Å². The molecule has 0 N–H and O–H groups in total. The summed E-state index contributed by atoms with van der Waals surface area (Å²) < 4.78 is 10.7. The number of ether oxygens (including phenoxy) is 2. The highest BCUT2D eigenvalue weighted by Gasteiger charge is 2.42. The Bertz CT molecular complexity index is 1150. The van der Waals surface area contributed by atoms with Gasteiger partial charge >= 0.3 is 0 Å². The topological polar surface area (TPSA) is 59.1 Å². The van der Waals surface area contributed by atoms with Gasteiger partial charge in [-0.1, -0.05) is 48.5 Å². The largest absolute Gasteiger partial charge is 0.497 e. The normalized spacial score (nSPS) is 13.5. The van der Waals surface area contributed by atoms with Crippen LogP contribution in [0.4, 0.5) is 11.4 Å². The summed E-state index contributed by atoms with van der Waals surface area (Å²) in [7, 11) is 3.05. The molecule has 1 aliphatic rings. The maximum atomic E-state index is 13.8. The summed E-state index contributed by atoms with van der Waals surface area (Å²) in [5, 5.41) is 0. The van der Waals surface area contributed by atoms with Gasteiger partial charge in [-0.25, -0.2) is 4.90 Å². The molecule has 6 nitrogen and oxygen atoms in total. The Morgan fingerprint density at radius 1 is 0.781 bits per heavy atom. The average molecular weight is 428 g/mol. The molecule has 0 aromatic heterocycles. The Balaban J connectivity index is 1.90. The third-order valence-corrected chi connectivity index (χ3v) is 5.37. The molecule has 0 saturated heterocycles. The average Bonchev–Trinajstić information content (AvgIpc) is 3.10. The fraction of sp³-hybridized carbons (Fsp3) is 0.154. The van der Waals surface area contributed by atoms with E-state index in [2.05, 4.69) is 0 Å². The maximum absolute atomic E-state index is 13.8. The number of benzene rings is 3. The Hall–Kier alpha value is -4.06. The van der Waals surface area contributed by atoms with Crippen molar-refractivity contribution < 1.29 is 19.1 Å². The van der Waals surface area contributed by atoms with E-state index in [-0.39, 0.29) is 5.91 Å². The molecule has 2 amide bonds. The number of methoxy groups -OCH3 is 2. The zero-order chi connectivity index (χ0) is 22.7. The van der Waals surface area contributed by atoms with Gasteiger partial charge in [0.15, 0.2) is 0 Å². The van der Waals surface area contributed by atoms with Crippen LogP contribution in [0.3, 0.4) is 0 Å². The highest BCUT2D eigenvalue weighted by atomic mass is 16.5. The first-order chi connectivity index (χ1) is 15.6. The van der Waals surface area contributed by atoms with Gasteiger partial charge in [-0.05, 0) is 24.6 Å². The lowest BCUT2D eigenvalue weighted by Crippen LogP contribution is -2.35. The van der Waals surface area contributed by atoms with Crippen molar-refractivity contribution in [2.75, 3.05) is 30.6 Å². The number of amides is 2. The van der Waals surface area contributed by atoms with E-state index in [1.165, 1.54) is 19.1 Å². The van der Waals surface area contributed by atoms with Gasteiger partial charge in [0.2, 0.25) is 0 Å². The lowest BCUT2D eigenvalue weighted by atomic mass is 10.0. The van der Waals surface area contributed by atoms with E-state index in [0.717, 1.165) is 5.69 Å². The molecule has 3 aromatic rings. The molecule has 0 aliphatic carbocycles. The summed E-state index contributed by atoms with van der Waals surface area (Å²) in [6, 6.07) is 23.9. The van der Waals surface area contributed by atoms with Crippen molar-refractivity contribution in [2.24, 2.45) is 0 Å². The molecule has 0 unspecified atom stereocenters. The minimum atomic E-state index is -0.394.